The Morgan fingerprint density at radius 3 is 2.47 bits per heavy atom. The highest BCUT2D eigenvalue weighted by molar-refractivity contribution is 5.95. The van der Waals surface area contributed by atoms with E-state index in [0.717, 1.165) is 57.2 Å². The summed E-state index contributed by atoms with van der Waals surface area (Å²) in [6, 6.07) is 5.92. The van der Waals surface area contributed by atoms with Gasteiger partial charge in [0.15, 0.2) is 0 Å². The van der Waals surface area contributed by atoms with E-state index in [9.17, 15) is 0 Å². The number of hydrogen-bond donors (Lipinski definition) is 2. The summed E-state index contributed by atoms with van der Waals surface area (Å²) in [6.07, 6.45) is 9.74. The number of carbonyl (C=O) groups is 1. The summed E-state index contributed by atoms with van der Waals surface area (Å²) in [7, 11) is 3.91. The molecule has 8 heteroatoms. The first-order valence-electron chi connectivity index (χ1n) is 12.1. The number of nitrogens with zero attached hydrogens (tertiary/aromatic N) is 5. The van der Waals surface area contributed by atoms with Gasteiger partial charge in [-0.25, -0.2) is 9.97 Å². The van der Waals surface area contributed by atoms with Gasteiger partial charge in [-0.3, -0.25) is 9.98 Å². The van der Waals surface area contributed by atoms with Crippen molar-refractivity contribution in [1.29, 1.82) is 0 Å². The molecule has 0 amide bonds. The monoisotopic (exact) mass is 489 g/mol. The average molecular weight is 490 g/mol. The van der Waals surface area contributed by atoms with Gasteiger partial charge in [0.05, 0.1) is 11.4 Å². The van der Waals surface area contributed by atoms with Gasteiger partial charge in [-0.15, -0.1) is 0 Å². The fourth-order valence-electron chi connectivity index (χ4n) is 3.75. The third-order valence-corrected chi connectivity index (χ3v) is 5.95. The molecule has 3 N–H and O–H groups in total. The zero-order chi connectivity index (χ0) is 26.7. The number of likely N-dealkylation sites (tertiary alicyclic amines) is 1. The lowest BCUT2D eigenvalue weighted by atomic mass is 9.89. The number of rotatable bonds is 5. The Hall–Kier alpha value is -3.65. The number of aryl methyl sites for hydroxylation is 1. The van der Waals surface area contributed by atoms with Crippen LogP contribution in [0.3, 0.4) is 0 Å². The highest BCUT2D eigenvalue weighted by Crippen LogP contribution is 2.28. The third kappa shape index (κ3) is 7.95. The highest BCUT2D eigenvalue weighted by Gasteiger charge is 2.25. The Bertz CT molecular complexity index is 1200. The van der Waals surface area contributed by atoms with Crippen molar-refractivity contribution in [3.8, 4) is 11.3 Å². The Labute approximate surface area is 214 Å². The highest BCUT2D eigenvalue weighted by atomic mass is 16.1. The minimum Gasteiger partial charge on any atom is -0.383 e. The van der Waals surface area contributed by atoms with Gasteiger partial charge in [0.2, 0.25) is 0 Å². The van der Waals surface area contributed by atoms with Crippen LogP contribution in [0.2, 0.25) is 0 Å². The molecule has 0 aromatic carbocycles. The maximum Gasteiger partial charge on any atom is 0.133 e. The fraction of sp³-hybridized carbons (Fsp3) is 0.393. The third-order valence-electron chi connectivity index (χ3n) is 5.95. The number of nitrogens with two attached hydrogens (primary N) is 1. The summed E-state index contributed by atoms with van der Waals surface area (Å²) in [4.78, 5) is 28.3. The molecule has 1 saturated heterocycles. The van der Waals surface area contributed by atoms with Crippen LogP contribution in [0.1, 0.15) is 33.3 Å². The second-order valence-corrected chi connectivity index (χ2v) is 9.09. The van der Waals surface area contributed by atoms with Crippen molar-refractivity contribution in [3.05, 3.63) is 54.1 Å². The van der Waals surface area contributed by atoms with Crippen molar-refractivity contribution >= 4 is 34.9 Å². The summed E-state index contributed by atoms with van der Waals surface area (Å²) in [5.74, 6) is 3.06. The van der Waals surface area contributed by atoms with Crippen LogP contribution < -0.4 is 11.1 Å². The molecule has 0 saturated carbocycles. The number of allylic oxidation sites excluding steroid dienone is 2. The van der Waals surface area contributed by atoms with E-state index in [2.05, 4.69) is 51.1 Å². The van der Waals surface area contributed by atoms with Crippen LogP contribution in [0, 0.1) is 18.8 Å². The molecule has 8 nitrogen and oxygen atoms in total. The van der Waals surface area contributed by atoms with Crippen LogP contribution >= 0.6 is 0 Å². The Balaban J connectivity index is 0.000000345. The molecular formula is C28H39N7O. The summed E-state index contributed by atoms with van der Waals surface area (Å²) < 4.78 is 0. The molecule has 4 heterocycles. The molecule has 0 atom stereocenters. The number of carbonyl (C=O) groups excluding carboxylic acids is 1. The lowest BCUT2D eigenvalue weighted by Crippen LogP contribution is -2.46. The molecule has 4 rings (SSSR count). The number of aliphatic imine (C=N–C) groups is 1. The minimum atomic E-state index is 0.455. The van der Waals surface area contributed by atoms with E-state index in [1.807, 2.05) is 38.1 Å². The topological polar surface area (TPSA) is 109 Å². The fourth-order valence-corrected chi connectivity index (χ4v) is 3.75. The number of hydrogen-bond acceptors (Lipinski definition) is 8. The second-order valence-electron chi connectivity index (χ2n) is 9.09. The van der Waals surface area contributed by atoms with Crippen molar-refractivity contribution in [2.24, 2.45) is 16.8 Å². The first-order chi connectivity index (χ1) is 17.2. The van der Waals surface area contributed by atoms with Crippen LogP contribution in [0.5, 0.6) is 0 Å². The normalized spacial score (nSPS) is 14.1. The number of nitrogen functional groups attached to an aromatic ring is 1. The molecule has 0 spiro atoms. The van der Waals surface area contributed by atoms with Crippen molar-refractivity contribution in [2.75, 3.05) is 38.2 Å². The van der Waals surface area contributed by atoms with E-state index in [-0.39, 0.29) is 0 Å². The van der Waals surface area contributed by atoms with Gasteiger partial charge >= 0.3 is 0 Å². The van der Waals surface area contributed by atoms with Gasteiger partial charge < -0.3 is 20.7 Å². The maximum absolute atomic E-state index is 8.81. The zero-order valence-electron chi connectivity index (χ0n) is 22.5. The number of anilines is 2. The van der Waals surface area contributed by atoms with Crippen molar-refractivity contribution in [2.45, 2.75) is 34.6 Å². The molecule has 0 unspecified atom stereocenters. The molecule has 3 aromatic rings. The Morgan fingerprint density at radius 2 is 1.94 bits per heavy atom. The van der Waals surface area contributed by atoms with Crippen LogP contribution in [-0.4, -0.2) is 59.5 Å². The first-order valence-corrected chi connectivity index (χ1v) is 12.1. The van der Waals surface area contributed by atoms with Gasteiger partial charge in [0, 0.05) is 55.9 Å². The predicted molar refractivity (Wildman–Crippen MR) is 151 cm³/mol. The molecule has 0 aliphatic carbocycles. The quantitative estimate of drug-likeness (QED) is 0.383. The van der Waals surface area contributed by atoms with E-state index in [1.54, 1.807) is 31.9 Å². The molecular weight excluding hydrogens is 450 g/mol. The largest absolute Gasteiger partial charge is 0.383 e. The molecule has 0 bridgehead atoms. The standard InChI is InChI=1S/C19H20N6.C7H15N.C2H4O/c1-4-14(9-21-3)24-18-8-13-7-17(15-10-22-6-5-12(15)2)25-19(20)16(13)11-23-18;1-6(2)7-4-8(3)5-7;1-2-3/h4-11H,1-3H3,(H2,20,25)(H,23,24);6-7H,4-5H2,1-3H3;2H,1H3/b14-4+,21-9?;;. The molecule has 36 heavy (non-hydrogen) atoms. The SMILES string of the molecule is C/C=C(\C=NC)Nc1cc2cc(-c3cnccc3C)nc(N)c2cn1.CC(C)C1CN(C)C1.CC=O. The van der Waals surface area contributed by atoms with Gasteiger partial charge in [0.1, 0.15) is 17.9 Å². The van der Waals surface area contributed by atoms with E-state index >= 15 is 0 Å². The van der Waals surface area contributed by atoms with E-state index in [4.69, 9.17) is 10.5 Å². The average Bonchev–Trinajstić information content (AvgIpc) is 2.82. The van der Waals surface area contributed by atoms with E-state index < -0.39 is 0 Å². The number of pyridine rings is 3. The van der Waals surface area contributed by atoms with Crippen LogP contribution in [-0.2, 0) is 4.79 Å². The first kappa shape index (κ1) is 28.6. The van der Waals surface area contributed by atoms with Crippen molar-refractivity contribution < 1.29 is 4.79 Å². The van der Waals surface area contributed by atoms with Gasteiger partial charge in [-0.2, -0.15) is 0 Å². The summed E-state index contributed by atoms with van der Waals surface area (Å²) in [5, 5.41) is 5.03. The number of aldehydes is 1. The lowest BCUT2D eigenvalue weighted by Gasteiger charge is -2.38. The molecule has 1 aliphatic rings. The van der Waals surface area contributed by atoms with Crippen molar-refractivity contribution in [3.63, 3.8) is 0 Å². The smallest absolute Gasteiger partial charge is 0.133 e. The summed E-state index contributed by atoms with van der Waals surface area (Å²) in [5.41, 5.74) is 9.89. The molecule has 1 fully saturated rings. The van der Waals surface area contributed by atoms with Gasteiger partial charge in [-0.1, -0.05) is 19.9 Å². The van der Waals surface area contributed by atoms with Crippen LogP contribution in [0.25, 0.3) is 22.0 Å². The number of aromatic nitrogens is 3. The Kier molecular flexibility index (Phi) is 11.1. The van der Waals surface area contributed by atoms with E-state index in [1.165, 1.54) is 20.0 Å². The molecule has 3 aromatic heterocycles. The number of fused-ring (bicyclic) bond motifs is 1. The number of nitrogens with one attached hydrogen (secondary N) is 1. The maximum atomic E-state index is 8.81. The van der Waals surface area contributed by atoms with Crippen LogP contribution in [0.15, 0.2) is 53.6 Å². The Morgan fingerprint density at radius 1 is 1.25 bits per heavy atom. The summed E-state index contributed by atoms with van der Waals surface area (Å²) in [6.45, 7) is 12.7. The minimum absolute atomic E-state index is 0.455. The van der Waals surface area contributed by atoms with Crippen LogP contribution in [0.4, 0.5) is 11.6 Å². The summed E-state index contributed by atoms with van der Waals surface area (Å²) >= 11 is 0. The molecule has 0 radical (unpaired) electrons. The van der Waals surface area contributed by atoms with Gasteiger partial charge in [0.25, 0.3) is 0 Å². The van der Waals surface area contributed by atoms with Gasteiger partial charge in [-0.05, 0) is 68.8 Å². The van der Waals surface area contributed by atoms with Crippen molar-refractivity contribution in [1.82, 2.24) is 19.9 Å². The molecule has 1 aliphatic heterocycles. The second kappa shape index (κ2) is 14.0. The molecule has 192 valence electrons. The lowest BCUT2D eigenvalue weighted by molar-refractivity contribution is -0.106. The zero-order valence-corrected chi connectivity index (χ0v) is 22.5. The van der Waals surface area contributed by atoms with E-state index in [0.29, 0.717) is 5.82 Å². The predicted octanol–water partition coefficient (Wildman–Crippen LogP) is 5.01.